The lowest BCUT2D eigenvalue weighted by atomic mass is 10.1. The van der Waals surface area contributed by atoms with Crippen LogP contribution in [0.1, 0.15) is 5.69 Å². The SMILES string of the molecule is COc1cc(N)c(Cl)cc1-c1nnc2ccc(C)nn12. The number of hydrogen-bond donors (Lipinski definition) is 1. The van der Waals surface area contributed by atoms with Crippen molar-refractivity contribution in [2.24, 2.45) is 0 Å². The molecule has 0 amide bonds. The molecule has 0 saturated carbocycles. The first-order valence-electron chi connectivity index (χ1n) is 5.92. The van der Waals surface area contributed by atoms with Crippen molar-refractivity contribution in [3.8, 4) is 17.1 Å². The Morgan fingerprint density at radius 2 is 2.05 bits per heavy atom. The van der Waals surface area contributed by atoms with Gasteiger partial charge in [-0.05, 0) is 25.1 Å². The van der Waals surface area contributed by atoms with E-state index in [1.165, 1.54) is 0 Å². The van der Waals surface area contributed by atoms with Gasteiger partial charge in [-0.1, -0.05) is 11.6 Å². The molecule has 0 saturated heterocycles. The average Bonchev–Trinajstić information content (AvgIpc) is 2.84. The zero-order chi connectivity index (χ0) is 14.3. The van der Waals surface area contributed by atoms with E-state index in [2.05, 4.69) is 15.3 Å². The van der Waals surface area contributed by atoms with Gasteiger partial charge in [0.25, 0.3) is 0 Å². The minimum Gasteiger partial charge on any atom is -0.496 e. The average molecular weight is 290 g/mol. The fourth-order valence-corrected chi connectivity index (χ4v) is 2.12. The molecule has 0 bridgehead atoms. The maximum atomic E-state index is 6.08. The predicted octanol–water partition coefficient (Wildman–Crippen LogP) is 2.34. The lowest BCUT2D eigenvalue weighted by molar-refractivity contribution is 0.416. The smallest absolute Gasteiger partial charge is 0.189 e. The van der Waals surface area contributed by atoms with E-state index in [-0.39, 0.29) is 0 Å². The number of hydrogen-bond acceptors (Lipinski definition) is 5. The van der Waals surface area contributed by atoms with Crippen LogP contribution >= 0.6 is 11.6 Å². The fraction of sp³-hybridized carbons (Fsp3) is 0.154. The lowest BCUT2D eigenvalue weighted by Gasteiger charge is -2.09. The van der Waals surface area contributed by atoms with Gasteiger partial charge in [-0.2, -0.15) is 9.61 Å². The van der Waals surface area contributed by atoms with Crippen molar-refractivity contribution >= 4 is 22.9 Å². The molecule has 0 spiro atoms. The largest absolute Gasteiger partial charge is 0.496 e. The third kappa shape index (κ3) is 1.94. The topological polar surface area (TPSA) is 78.3 Å². The molecule has 2 aromatic heterocycles. The van der Waals surface area contributed by atoms with Crippen LogP contribution < -0.4 is 10.5 Å². The first kappa shape index (κ1) is 12.7. The zero-order valence-electron chi connectivity index (χ0n) is 11.0. The van der Waals surface area contributed by atoms with Crippen LogP contribution in [0.3, 0.4) is 0 Å². The number of anilines is 1. The summed E-state index contributed by atoms with van der Waals surface area (Å²) in [4.78, 5) is 0. The molecule has 2 heterocycles. The van der Waals surface area contributed by atoms with Crippen molar-refractivity contribution in [3.63, 3.8) is 0 Å². The van der Waals surface area contributed by atoms with Crippen LogP contribution in [0.15, 0.2) is 24.3 Å². The van der Waals surface area contributed by atoms with E-state index in [1.54, 1.807) is 23.8 Å². The van der Waals surface area contributed by atoms with Crippen molar-refractivity contribution in [1.82, 2.24) is 19.8 Å². The molecule has 0 aliphatic heterocycles. The molecule has 3 aromatic rings. The van der Waals surface area contributed by atoms with Crippen LogP contribution in [0.25, 0.3) is 17.0 Å². The molecule has 20 heavy (non-hydrogen) atoms. The van der Waals surface area contributed by atoms with E-state index < -0.39 is 0 Å². The summed E-state index contributed by atoms with van der Waals surface area (Å²) in [5, 5.41) is 13.1. The number of methoxy groups -OCH3 is 1. The van der Waals surface area contributed by atoms with Crippen molar-refractivity contribution in [2.45, 2.75) is 6.92 Å². The van der Waals surface area contributed by atoms with E-state index in [0.717, 1.165) is 5.69 Å². The number of aryl methyl sites for hydroxylation is 1. The normalized spacial score (nSPS) is 10.9. The highest BCUT2D eigenvalue weighted by molar-refractivity contribution is 6.33. The van der Waals surface area contributed by atoms with Crippen LogP contribution in [-0.2, 0) is 0 Å². The molecule has 7 heteroatoms. The number of nitrogens with zero attached hydrogens (tertiary/aromatic N) is 4. The van der Waals surface area contributed by atoms with Crippen LogP contribution in [0.4, 0.5) is 5.69 Å². The van der Waals surface area contributed by atoms with Gasteiger partial charge in [-0.3, -0.25) is 0 Å². The number of fused-ring (bicyclic) bond motifs is 1. The van der Waals surface area contributed by atoms with Gasteiger partial charge in [0, 0.05) is 6.07 Å². The second-order valence-electron chi connectivity index (χ2n) is 4.34. The summed E-state index contributed by atoms with van der Waals surface area (Å²) < 4.78 is 6.99. The molecule has 6 nitrogen and oxygen atoms in total. The van der Waals surface area contributed by atoms with E-state index in [9.17, 15) is 0 Å². The molecule has 2 N–H and O–H groups in total. The quantitative estimate of drug-likeness (QED) is 0.733. The Kier molecular flexibility index (Phi) is 2.94. The van der Waals surface area contributed by atoms with Gasteiger partial charge in [-0.15, -0.1) is 10.2 Å². The van der Waals surface area contributed by atoms with Gasteiger partial charge in [0.15, 0.2) is 11.5 Å². The predicted molar refractivity (Wildman–Crippen MR) is 76.9 cm³/mol. The van der Waals surface area contributed by atoms with Crippen LogP contribution in [0.2, 0.25) is 5.02 Å². The first-order valence-corrected chi connectivity index (χ1v) is 6.30. The zero-order valence-corrected chi connectivity index (χ0v) is 11.7. The molecular formula is C13H12ClN5O. The number of halogens is 1. The van der Waals surface area contributed by atoms with Gasteiger partial charge in [0.1, 0.15) is 5.75 Å². The molecule has 0 aliphatic rings. The lowest BCUT2D eigenvalue weighted by Crippen LogP contribution is -1.99. The number of nitrogens with two attached hydrogens (primary N) is 1. The highest BCUT2D eigenvalue weighted by Crippen LogP contribution is 2.35. The Morgan fingerprint density at radius 3 is 2.80 bits per heavy atom. The van der Waals surface area contributed by atoms with Gasteiger partial charge >= 0.3 is 0 Å². The van der Waals surface area contributed by atoms with Crippen LogP contribution in [-0.4, -0.2) is 26.9 Å². The van der Waals surface area contributed by atoms with Crippen molar-refractivity contribution < 1.29 is 4.74 Å². The van der Waals surface area contributed by atoms with Crippen LogP contribution in [0, 0.1) is 6.92 Å². The summed E-state index contributed by atoms with van der Waals surface area (Å²) in [6.07, 6.45) is 0. The van der Waals surface area contributed by atoms with Crippen molar-refractivity contribution in [1.29, 1.82) is 0 Å². The van der Waals surface area contributed by atoms with Gasteiger partial charge in [0.05, 0.1) is 29.1 Å². The van der Waals surface area contributed by atoms with E-state index in [1.807, 2.05) is 19.1 Å². The highest BCUT2D eigenvalue weighted by Gasteiger charge is 2.16. The van der Waals surface area contributed by atoms with E-state index in [0.29, 0.717) is 33.5 Å². The summed E-state index contributed by atoms with van der Waals surface area (Å²) >= 11 is 6.08. The second kappa shape index (κ2) is 4.64. The van der Waals surface area contributed by atoms with Gasteiger partial charge in [0.2, 0.25) is 0 Å². The van der Waals surface area contributed by atoms with E-state index >= 15 is 0 Å². The summed E-state index contributed by atoms with van der Waals surface area (Å²) in [7, 11) is 1.56. The standard InChI is InChI=1S/C13H12ClN5O/c1-7-3-4-12-16-17-13(19(12)18-7)8-5-9(14)10(15)6-11(8)20-2/h3-6H,15H2,1-2H3. The number of benzene rings is 1. The third-order valence-electron chi connectivity index (χ3n) is 2.96. The minimum atomic E-state index is 0.435. The molecule has 3 rings (SSSR count). The maximum absolute atomic E-state index is 6.08. The van der Waals surface area contributed by atoms with Gasteiger partial charge < -0.3 is 10.5 Å². The van der Waals surface area contributed by atoms with Crippen molar-refractivity contribution in [2.75, 3.05) is 12.8 Å². The molecular weight excluding hydrogens is 278 g/mol. The molecule has 0 atom stereocenters. The number of nitrogen functional groups attached to an aromatic ring is 1. The summed E-state index contributed by atoms with van der Waals surface area (Å²) in [6.45, 7) is 1.90. The molecule has 1 aromatic carbocycles. The first-order chi connectivity index (χ1) is 9.60. The molecule has 0 radical (unpaired) electrons. The summed E-state index contributed by atoms with van der Waals surface area (Å²) in [6, 6.07) is 7.09. The Hall–Kier alpha value is -2.34. The second-order valence-corrected chi connectivity index (χ2v) is 4.75. The monoisotopic (exact) mass is 289 g/mol. The number of aromatic nitrogens is 4. The third-order valence-corrected chi connectivity index (χ3v) is 3.28. The Morgan fingerprint density at radius 1 is 1.25 bits per heavy atom. The van der Waals surface area contributed by atoms with Crippen molar-refractivity contribution in [3.05, 3.63) is 35.0 Å². The Labute approximate surface area is 120 Å². The molecule has 0 unspecified atom stereocenters. The Bertz CT molecular complexity index is 799. The van der Waals surface area contributed by atoms with Gasteiger partial charge in [-0.25, -0.2) is 0 Å². The van der Waals surface area contributed by atoms with Crippen LogP contribution in [0.5, 0.6) is 5.75 Å². The molecule has 0 fully saturated rings. The Balaban J connectivity index is 2.30. The van der Waals surface area contributed by atoms with E-state index in [4.69, 9.17) is 22.1 Å². The highest BCUT2D eigenvalue weighted by atomic mass is 35.5. The number of rotatable bonds is 2. The minimum absolute atomic E-state index is 0.435. The summed E-state index contributed by atoms with van der Waals surface area (Å²) in [5.74, 6) is 1.13. The fourth-order valence-electron chi connectivity index (χ4n) is 1.96. The number of ether oxygens (including phenoxy) is 1. The maximum Gasteiger partial charge on any atom is 0.189 e. The summed E-state index contributed by atoms with van der Waals surface area (Å²) in [5.41, 5.74) is 8.44. The molecule has 0 aliphatic carbocycles. The molecule has 102 valence electrons.